The molecule has 4 aromatic rings. The summed E-state index contributed by atoms with van der Waals surface area (Å²) in [5.41, 5.74) is 4.08. The number of nitrogens with one attached hydrogen (secondary N) is 1. The van der Waals surface area contributed by atoms with E-state index in [0.717, 1.165) is 27.4 Å². The summed E-state index contributed by atoms with van der Waals surface area (Å²) in [5.74, 6) is -0.265. The summed E-state index contributed by atoms with van der Waals surface area (Å²) in [6.07, 6.45) is 0.241. The topological polar surface area (TPSA) is 93.7 Å². The lowest BCUT2D eigenvalue weighted by Gasteiger charge is -2.51. The third kappa shape index (κ3) is 5.77. The average molecular weight is 629 g/mol. The first kappa shape index (κ1) is 29.3. The van der Waals surface area contributed by atoms with E-state index >= 15 is 0 Å². The van der Waals surface area contributed by atoms with Crippen LogP contribution in [0.25, 0.3) is 22.3 Å². The first-order chi connectivity index (χ1) is 20.1. The monoisotopic (exact) mass is 627 g/mol. The average Bonchev–Trinajstić information content (AvgIpc) is 3.37. The summed E-state index contributed by atoms with van der Waals surface area (Å²) in [4.78, 5) is 46.1. The number of rotatable bonds is 6. The molecule has 1 fully saturated rings. The molecule has 5 rings (SSSR count). The van der Waals surface area contributed by atoms with E-state index in [9.17, 15) is 19.5 Å². The van der Waals surface area contributed by atoms with Crippen molar-refractivity contribution in [3.63, 3.8) is 0 Å². The van der Waals surface area contributed by atoms with Gasteiger partial charge in [-0.15, -0.1) is 0 Å². The second kappa shape index (κ2) is 12.0. The van der Waals surface area contributed by atoms with Gasteiger partial charge in [-0.1, -0.05) is 109 Å². The fraction of sp³-hybridized carbons (Fsp3) is 0.265. The van der Waals surface area contributed by atoms with E-state index in [4.69, 9.17) is 0 Å². The number of piperazine rings is 1. The number of carbonyl (C=O) groups is 3. The Labute approximate surface area is 254 Å². The molecule has 8 heteroatoms. The molecule has 0 aliphatic carbocycles. The Morgan fingerprint density at radius 1 is 0.905 bits per heavy atom. The van der Waals surface area contributed by atoms with Crippen LogP contribution in [0.3, 0.4) is 0 Å². The molecule has 1 saturated heterocycles. The van der Waals surface area contributed by atoms with Gasteiger partial charge < -0.3 is 19.9 Å². The molecule has 2 heterocycles. The van der Waals surface area contributed by atoms with Crippen molar-refractivity contribution in [2.45, 2.75) is 39.3 Å². The lowest BCUT2D eigenvalue weighted by molar-refractivity contribution is -0.0146. The number of carboxylic acid groups (broad SMARTS) is 1. The maximum Gasteiger partial charge on any atom is 0.407 e. The number of aldehydes is 1. The van der Waals surface area contributed by atoms with Gasteiger partial charge in [0.2, 0.25) is 0 Å². The Balaban J connectivity index is 1.69. The molecule has 0 bridgehead atoms. The summed E-state index contributed by atoms with van der Waals surface area (Å²) in [6.45, 7) is 6.46. The zero-order valence-corrected chi connectivity index (χ0v) is 25.5. The standard InChI is InChI=1S/C34H34BrN3O4/c1-34(2,3)31-27(19-22-11-6-4-7-12-22)37(17-18-38(31)33(41)42)32(40)30-29(23-13-8-5-9-14-23)28(26(21-39)36-30)24-15-10-16-25(35)20-24/h4-16,20-21,27,31,36H,17-19H2,1-3H3,(H,41,42)/t27-,31?/m1/s1. The molecule has 2 atom stereocenters. The lowest BCUT2D eigenvalue weighted by atomic mass is 9.77. The van der Waals surface area contributed by atoms with Gasteiger partial charge in [0, 0.05) is 28.7 Å². The largest absolute Gasteiger partial charge is 0.465 e. The van der Waals surface area contributed by atoms with Crippen LogP contribution in [0.1, 0.15) is 47.3 Å². The molecule has 1 aliphatic heterocycles. The van der Waals surface area contributed by atoms with Crippen LogP contribution in [0.15, 0.2) is 89.4 Å². The molecule has 1 aliphatic rings. The van der Waals surface area contributed by atoms with E-state index in [0.29, 0.717) is 28.9 Å². The first-order valence-corrected chi connectivity index (χ1v) is 14.8. The lowest BCUT2D eigenvalue weighted by Crippen LogP contribution is -2.66. The number of hydrogen-bond acceptors (Lipinski definition) is 3. The molecular weight excluding hydrogens is 594 g/mol. The molecule has 2 amide bonds. The number of halogens is 1. The highest BCUT2D eigenvalue weighted by Crippen LogP contribution is 2.41. The van der Waals surface area contributed by atoms with Gasteiger partial charge in [-0.2, -0.15) is 0 Å². The number of amides is 2. The molecule has 1 unspecified atom stereocenters. The number of H-pyrrole nitrogens is 1. The quantitative estimate of drug-likeness (QED) is 0.218. The highest BCUT2D eigenvalue weighted by atomic mass is 79.9. The number of aromatic nitrogens is 1. The molecule has 2 N–H and O–H groups in total. The fourth-order valence-electron chi connectivity index (χ4n) is 6.24. The first-order valence-electron chi connectivity index (χ1n) is 14.0. The zero-order valence-electron chi connectivity index (χ0n) is 23.9. The number of aromatic amines is 1. The normalized spacial score (nSPS) is 17.2. The van der Waals surface area contributed by atoms with E-state index < -0.39 is 23.6 Å². The predicted molar refractivity (Wildman–Crippen MR) is 168 cm³/mol. The molecule has 1 aromatic heterocycles. The highest BCUT2D eigenvalue weighted by molar-refractivity contribution is 9.10. The number of hydrogen-bond donors (Lipinski definition) is 2. The second-order valence-electron chi connectivity index (χ2n) is 11.7. The third-order valence-electron chi connectivity index (χ3n) is 7.90. The Hall–Kier alpha value is -4.17. The van der Waals surface area contributed by atoms with Crippen molar-refractivity contribution in [2.75, 3.05) is 13.1 Å². The van der Waals surface area contributed by atoms with Gasteiger partial charge in [0.25, 0.3) is 5.91 Å². The van der Waals surface area contributed by atoms with Crippen LogP contribution in [0.4, 0.5) is 4.79 Å². The van der Waals surface area contributed by atoms with Crippen LogP contribution >= 0.6 is 15.9 Å². The minimum absolute atomic E-state index is 0.189. The van der Waals surface area contributed by atoms with Crippen molar-refractivity contribution in [1.29, 1.82) is 0 Å². The maximum atomic E-state index is 14.7. The van der Waals surface area contributed by atoms with Gasteiger partial charge in [-0.25, -0.2) is 4.79 Å². The molecular formula is C34H34BrN3O4. The molecule has 0 saturated carbocycles. The molecule has 3 aromatic carbocycles. The van der Waals surface area contributed by atoms with Crippen molar-refractivity contribution in [1.82, 2.24) is 14.8 Å². The highest BCUT2D eigenvalue weighted by Gasteiger charge is 2.47. The van der Waals surface area contributed by atoms with Crippen LogP contribution in [0.5, 0.6) is 0 Å². The van der Waals surface area contributed by atoms with Crippen molar-refractivity contribution in [2.24, 2.45) is 5.41 Å². The SMILES string of the molecule is CC(C)(C)C1[C@@H](Cc2ccccc2)N(C(=O)c2[nH]c(C=O)c(-c3cccc(Br)c3)c2-c2ccccc2)CCN1C(=O)O. The Morgan fingerprint density at radius 2 is 1.52 bits per heavy atom. The van der Waals surface area contributed by atoms with E-state index in [1.54, 1.807) is 4.90 Å². The minimum atomic E-state index is -0.995. The summed E-state index contributed by atoms with van der Waals surface area (Å²) in [7, 11) is 0. The summed E-state index contributed by atoms with van der Waals surface area (Å²) in [5, 5.41) is 10.2. The molecule has 0 spiro atoms. The van der Waals surface area contributed by atoms with Gasteiger partial charge in [0.15, 0.2) is 6.29 Å². The van der Waals surface area contributed by atoms with Crippen LogP contribution in [0, 0.1) is 5.41 Å². The van der Waals surface area contributed by atoms with Gasteiger partial charge in [0.1, 0.15) is 5.69 Å². The van der Waals surface area contributed by atoms with Gasteiger partial charge in [-0.3, -0.25) is 9.59 Å². The molecule has 7 nitrogen and oxygen atoms in total. The van der Waals surface area contributed by atoms with Crippen LogP contribution in [-0.4, -0.2) is 63.4 Å². The van der Waals surface area contributed by atoms with E-state index in [-0.39, 0.29) is 19.0 Å². The predicted octanol–water partition coefficient (Wildman–Crippen LogP) is 7.39. The smallest absolute Gasteiger partial charge is 0.407 e. The molecule has 216 valence electrons. The Morgan fingerprint density at radius 3 is 2.12 bits per heavy atom. The van der Waals surface area contributed by atoms with E-state index in [2.05, 4.69) is 20.9 Å². The zero-order chi connectivity index (χ0) is 30.0. The number of benzene rings is 3. The Bertz CT molecular complexity index is 1590. The molecule has 0 radical (unpaired) electrons. The minimum Gasteiger partial charge on any atom is -0.465 e. The summed E-state index contributed by atoms with van der Waals surface area (Å²) in [6, 6.07) is 26.2. The van der Waals surface area contributed by atoms with Crippen LogP contribution in [-0.2, 0) is 6.42 Å². The maximum absolute atomic E-state index is 14.7. The fourth-order valence-corrected chi connectivity index (χ4v) is 6.64. The van der Waals surface area contributed by atoms with Crippen molar-refractivity contribution in [3.05, 3.63) is 106 Å². The van der Waals surface area contributed by atoms with Crippen LogP contribution in [0.2, 0.25) is 0 Å². The van der Waals surface area contributed by atoms with Gasteiger partial charge in [0.05, 0.1) is 17.8 Å². The van der Waals surface area contributed by atoms with E-state index in [1.165, 1.54) is 4.90 Å². The molecule has 42 heavy (non-hydrogen) atoms. The van der Waals surface area contributed by atoms with Crippen molar-refractivity contribution < 1.29 is 19.5 Å². The van der Waals surface area contributed by atoms with Crippen LogP contribution < -0.4 is 0 Å². The Kier molecular flexibility index (Phi) is 8.36. The number of carbonyl (C=O) groups excluding carboxylic acids is 2. The second-order valence-corrected chi connectivity index (χ2v) is 12.6. The summed E-state index contributed by atoms with van der Waals surface area (Å²) < 4.78 is 0.852. The van der Waals surface area contributed by atoms with Crippen molar-refractivity contribution in [3.8, 4) is 22.3 Å². The van der Waals surface area contributed by atoms with Gasteiger partial charge in [-0.05, 0) is 40.7 Å². The number of nitrogens with zero attached hydrogens (tertiary/aromatic N) is 2. The van der Waals surface area contributed by atoms with Crippen molar-refractivity contribution >= 4 is 34.2 Å². The van der Waals surface area contributed by atoms with E-state index in [1.807, 2.05) is 106 Å². The summed E-state index contributed by atoms with van der Waals surface area (Å²) >= 11 is 3.54. The van der Waals surface area contributed by atoms with Gasteiger partial charge >= 0.3 is 6.09 Å². The third-order valence-corrected chi connectivity index (χ3v) is 8.39.